The second-order valence-corrected chi connectivity index (χ2v) is 11.4. The summed E-state index contributed by atoms with van der Waals surface area (Å²) in [6.45, 7) is 6.78. The van der Waals surface area contributed by atoms with Crippen molar-refractivity contribution in [3.63, 3.8) is 0 Å². The van der Waals surface area contributed by atoms with E-state index in [0.717, 1.165) is 0 Å². The van der Waals surface area contributed by atoms with Crippen LogP contribution in [0.4, 0.5) is 4.79 Å². The number of nitrogens with two attached hydrogens (primary N) is 3. The van der Waals surface area contributed by atoms with Crippen molar-refractivity contribution in [2.75, 3.05) is 20.2 Å². The molecule has 14 heteroatoms. The number of alkyl carbamates (subject to hydrolysis) is 1. The highest BCUT2D eigenvalue weighted by Gasteiger charge is 2.51. The van der Waals surface area contributed by atoms with Crippen molar-refractivity contribution in [3.05, 3.63) is 11.8 Å². The maximum atomic E-state index is 12.4. The van der Waals surface area contributed by atoms with Gasteiger partial charge in [0.1, 0.15) is 41.4 Å². The summed E-state index contributed by atoms with van der Waals surface area (Å²) in [7, 11) is 1.60. The van der Waals surface area contributed by atoms with E-state index in [2.05, 4.69) is 10.6 Å². The molecular weight excluding hydrogens is 502 g/mol. The van der Waals surface area contributed by atoms with Crippen molar-refractivity contribution in [1.82, 2.24) is 10.6 Å². The van der Waals surface area contributed by atoms with Crippen molar-refractivity contribution in [2.24, 2.45) is 17.2 Å². The van der Waals surface area contributed by atoms with Crippen LogP contribution in [-0.2, 0) is 23.7 Å². The van der Waals surface area contributed by atoms with Gasteiger partial charge in [0, 0.05) is 12.1 Å². The van der Waals surface area contributed by atoms with Gasteiger partial charge in [-0.25, -0.2) is 4.79 Å². The lowest BCUT2D eigenvalue weighted by molar-refractivity contribution is -0.303. The predicted molar refractivity (Wildman–Crippen MR) is 135 cm³/mol. The van der Waals surface area contributed by atoms with Gasteiger partial charge in [-0.15, -0.1) is 0 Å². The van der Waals surface area contributed by atoms with Crippen LogP contribution >= 0.6 is 0 Å². The normalized spacial score (nSPS) is 42.1. The Balaban J connectivity index is 1.73. The van der Waals surface area contributed by atoms with E-state index < -0.39 is 78.5 Å². The van der Waals surface area contributed by atoms with E-state index in [0.29, 0.717) is 12.2 Å². The Morgan fingerprint density at radius 2 is 1.76 bits per heavy atom. The van der Waals surface area contributed by atoms with Gasteiger partial charge in [0.25, 0.3) is 0 Å². The minimum Gasteiger partial charge on any atom is -0.466 e. The second-order valence-electron chi connectivity index (χ2n) is 11.4. The Labute approximate surface area is 223 Å². The maximum absolute atomic E-state index is 12.4. The summed E-state index contributed by atoms with van der Waals surface area (Å²) >= 11 is 0. The molecule has 0 aromatic heterocycles. The Morgan fingerprint density at radius 3 is 2.32 bits per heavy atom. The number of aliphatic hydroxyl groups excluding tert-OH is 2. The fourth-order valence-corrected chi connectivity index (χ4v) is 5.00. The van der Waals surface area contributed by atoms with Crippen LogP contribution in [0.25, 0.3) is 0 Å². The molecule has 0 spiro atoms. The first-order chi connectivity index (χ1) is 17.7. The second kappa shape index (κ2) is 12.3. The molecule has 2 fully saturated rings. The van der Waals surface area contributed by atoms with E-state index >= 15 is 0 Å². The molecule has 220 valence electrons. The molecule has 1 saturated heterocycles. The van der Waals surface area contributed by atoms with Gasteiger partial charge >= 0.3 is 6.09 Å². The largest absolute Gasteiger partial charge is 0.466 e. The van der Waals surface area contributed by atoms with E-state index in [4.69, 9.17) is 40.9 Å². The molecule has 14 nitrogen and oxygen atoms in total. The summed E-state index contributed by atoms with van der Waals surface area (Å²) in [5, 5.41) is 38.1. The molecule has 0 aromatic rings. The van der Waals surface area contributed by atoms with Crippen LogP contribution in [0.2, 0.25) is 0 Å². The van der Waals surface area contributed by atoms with Crippen LogP contribution in [0, 0.1) is 0 Å². The van der Waals surface area contributed by atoms with Crippen molar-refractivity contribution in [2.45, 2.75) is 113 Å². The summed E-state index contributed by atoms with van der Waals surface area (Å²) in [5.74, 6) is 0.462. The molecule has 1 amide bonds. The van der Waals surface area contributed by atoms with Crippen LogP contribution < -0.4 is 27.8 Å². The first-order valence-electron chi connectivity index (χ1n) is 12.9. The molecule has 0 radical (unpaired) electrons. The van der Waals surface area contributed by atoms with Gasteiger partial charge < -0.3 is 66.8 Å². The standard InChI is InChI=1S/C24H45N5O9/c1-23(2,3)38-22(32)29-14-7-6-11(9-25)35-20(14)36-17-12(26)8-13(27)18(15(17)30)37-21-16(31)19(28-5)24(4,33)10-34-21/h6,12-21,28,30-31,33H,7-10,25-27H2,1-5H3,(H,29,32)/t12-,13+,14?,15-,16+,17+,18-,19+,20+,21+,24-/m0/s1. The fourth-order valence-electron chi connectivity index (χ4n) is 5.00. The number of rotatable bonds is 7. The minimum absolute atomic E-state index is 0.111. The molecule has 11 N–H and O–H groups in total. The van der Waals surface area contributed by atoms with E-state index in [9.17, 15) is 20.1 Å². The van der Waals surface area contributed by atoms with Crippen molar-refractivity contribution < 1.29 is 43.8 Å². The zero-order valence-corrected chi connectivity index (χ0v) is 22.7. The van der Waals surface area contributed by atoms with Gasteiger partial charge in [0.05, 0.1) is 25.2 Å². The summed E-state index contributed by atoms with van der Waals surface area (Å²) in [5.41, 5.74) is 16.3. The Morgan fingerprint density at radius 1 is 1.16 bits per heavy atom. The van der Waals surface area contributed by atoms with E-state index in [-0.39, 0.29) is 19.6 Å². The average molecular weight is 548 g/mol. The van der Waals surface area contributed by atoms with Gasteiger partial charge in [0.15, 0.2) is 6.29 Å². The highest BCUT2D eigenvalue weighted by Crippen LogP contribution is 2.31. The molecule has 3 aliphatic rings. The number of carbonyl (C=O) groups excluding carboxylic acids is 1. The molecule has 1 saturated carbocycles. The van der Waals surface area contributed by atoms with Crippen molar-refractivity contribution in [1.29, 1.82) is 0 Å². The Kier molecular flexibility index (Phi) is 10.0. The lowest BCUT2D eigenvalue weighted by Crippen LogP contribution is -2.68. The topological polar surface area (TPSA) is 226 Å². The number of aliphatic hydroxyl groups is 3. The third kappa shape index (κ3) is 7.33. The van der Waals surface area contributed by atoms with Crippen molar-refractivity contribution >= 4 is 6.09 Å². The van der Waals surface area contributed by atoms with E-state index in [1.54, 1.807) is 33.9 Å². The number of carbonyl (C=O) groups is 1. The van der Waals surface area contributed by atoms with E-state index in [1.807, 2.05) is 0 Å². The SMILES string of the molecule is CN[C@@H]1[C@@H](O)[C@@H](O[C@@H]2[C@@H](O)[C@H](O[C@H]3OC(CN)=CCC3NC(=O)OC(C)(C)C)[C@@H](N)C[C@H]2N)OC[C@]1(C)O. The van der Waals surface area contributed by atoms with Crippen LogP contribution in [0.3, 0.4) is 0 Å². The fraction of sp³-hybridized carbons (Fsp3) is 0.875. The summed E-state index contributed by atoms with van der Waals surface area (Å²) < 4.78 is 28.9. The summed E-state index contributed by atoms with van der Waals surface area (Å²) in [4.78, 5) is 12.4. The van der Waals surface area contributed by atoms with Gasteiger partial charge in [-0.3, -0.25) is 0 Å². The molecule has 1 aliphatic carbocycles. The van der Waals surface area contributed by atoms with Gasteiger partial charge in [-0.2, -0.15) is 0 Å². The monoisotopic (exact) mass is 547 g/mol. The number of nitrogens with one attached hydrogen (secondary N) is 2. The average Bonchev–Trinajstić information content (AvgIpc) is 2.80. The molecule has 0 aromatic carbocycles. The smallest absolute Gasteiger partial charge is 0.408 e. The molecule has 11 atom stereocenters. The molecule has 1 unspecified atom stereocenters. The number of amides is 1. The van der Waals surface area contributed by atoms with Crippen LogP contribution in [0.15, 0.2) is 11.8 Å². The Hall–Kier alpha value is -1.59. The molecular formula is C24H45N5O9. The third-order valence-electron chi connectivity index (χ3n) is 6.88. The molecule has 2 aliphatic heterocycles. The summed E-state index contributed by atoms with van der Waals surface area (Å²) in [6.07, 6.45) is -5.16. The minimum atomic E-state index is -1.34. The van der Waals surface area contributed by atoms with Crippen LogP contribution in [0.1, 0.15) is 40.5 Å². The highest BCUT2D eigenvalue weighted by atomic mass is 16.7. The maximum Gasteiger partial charge on any atom is 0.408 e. The third-order valence-corrected chi connectivity index (χ3v) is 6.88. The molecule has 2 heterocycles. The lowest BCUT2D eigenvalue weighted by atomic mass is 9.84. The quantitative estimate of drug-likeness (QED) is 0.168. The molecule has 0 bridgehead atoms. The van der Waals surface area contributed by atoms with Gasteiger partial charge in [-0.05, 0) is 53.7 Å². The predicted octanol–water partition coefficient (Wildman–Crippen LogP) is -2.29. The first-order valence-corrected chi connectivity index (χ1v) is 12.9. The highest BCUT2D eigenvalue weighted by molar-refractivity contribution is 5.68. The number of hydrogen-bond acceptors (Lipinski definition) is 13. The molecule has 3 rings (SSSR count). The first kappa shape index (κ1) is 30.9. The number of hydrogen-bond donors (Lipinski definition) is 8. The zero-order chi connectivity index (χ0) is 28.4. The van der Waals surface area contributed by atoms with Crippen LogP contribution in [-0.4, -0.2) is 114 Å². The van der Waals surface area contributed by atoms with Gasteiger partial charge in [0.2, 0.25) is 6.29 Å². The lowest BCUT2D eigenvalue weighted by Gasteiger charge is -2.48. The van der Waals surface area contributed by atoms with Crippen molar-refractivity contribution in [3.8, 4) is 0 Å². The number of ether oxygens (including phenoxy) is 5. The molecule has 38 heavy (non-hydrogen) atoms. The summed E-state index contributed by atoms with van der Waals surface area (Å²) in [6, 6.07) is -2.80. The van der Waals surface area contributed by atoms with Crippen LogP contribution in [0.5, 0.6) is 0 Å². The van der Waals surface area contributed by atoms with E-state index in [1.165, 1.54) is 6.92 Å². The Bertz CT molecular complexity index is 839. The zero-order valence-electron chi connectivity index (χ0n) is 22.7. The number of likely N-dealkylation sites (N-methyl/N-ethyl adjacent to an activating group) is 1. The van der Waals surface area contributed by atoms with Gasteiger partial charge in [-0.1, -0.05) is 0 Å².